The van der Waals surface area contributed by atoms with Gasteiger partial charge >= 0.3 is 0 Å². The summed E-state index contributed by atoms with van der Waals surface area (Å²) in [5, 5.41) is 6.57. The van der Waals surface area contributed by atoms with Gasteiger partial charge in [0, 0.05) is 23.7 Å². The molecule has 2 rings (SSSR count). The van der Waals surface area contributed by atoms with Crippen molar-refractivity contribution in [2.24, 2.45) is 0 Å². The second-order valence-electron chi connectivity index (χ2n) is 4.26. The van der Waals surface area contributed by atoms with Crippen LogP contribution in [0.4, 0.5) is 0 Å². The van der Waals surface area contributed by atoms with Gasteiger partial charge in [0.1, 0.15) is 11.8 Å². The zero-order valence-corrected chi connectivity index (χ0v) is 12.7. The maximum atomic E-state index is 11.9. The molecule has 112 valence electrons. The lowest BCUT2D eigenvalue weighted by atomic mass is 10.2. The molecule has 1 heterocycles. The zero-order chi connectivity index (χ0) is 13.7. The number of ether oxygens (including phenoxy) is 2. The summed E-state index contributed by atoms with van der Waals surface area (Å²) in [6.07, 6.45) is 0. The van der Waals surface area contributed by atoms with Gasteiger partial charge in [0.2, 0.25) is 5.91 Å². The van der Waals surface area contributed by atoms with Gasteiger partial charge in [-0.2, -0.15) is 0 Å². The van der Waals surface area contributed by atoms with Crippen LogP contribution in [-0.4, -0.2) is 38.8 Å². The summed E-state index contributed by atoms with van der Waals surface area (Å²) in [4.78, 5) is 11.9. The molecular formula is C13H18Cl2N2O3. The first-order valence-corrected chi connectivity index (χ1v) is 6.50. The molecule has 20 heavy (non-hydrogen) atoms. The topological polar surface area (TPSA) is 59.6 Å². The van der Waals surface area contributed by atoms with Gasteiger partial charge in [0.25, 0.3) is 0 Å². The summed E-state index contributed by atoms with van der Waals surface area (Å²) < 4.78 is 10.5. The number of rotatable bonds is 4. The molecule has 1 aromatic rings. The van der Waals surface area contributed by atoms with E-state index in [1.54, 1.807) is 19.2 Å². The zero-order valence-electron chi connectivity index (χ0n) is 11.1. The molecule has 0 spiro atoms. The summed E-state index contributed by atoms with van der Waals surface area (Å²) in [5.41, 5.74) is 0.886. The minimum atomic E-state index is -0.285. The average Bonchev–Trinajstić information content (AvgIpc) is 2.46. The van der Waals surface area contributed by atoms with Crippen LogP contribution < -0.4 is 15.4 Å². The number of carbonyl (C=O) groups excluding carboxylic acids is 1. The third kappa shape index (κ3) is 4.52. The quantitative estimate of drug-likeness (QED) is 0.879. The Morgan fingerprint density at radius 2 is 2.40 bits per heavy atom. The van der Waals surface area contributed by atoms with Crippen LogP contribution in [0.2, 0.25) is 5.02 Å². The van der Waals surface area contributed by atoms with Gasteiger partial charge in [-0.3, -0.25) is 4.79 Å². The van der Waals surface area contributed by atoms with Crippen LogP contribution in [0.1, 0.15) is 5.56 Å². The fraction of sp³-hybridized carbons (Fsp3) is 0.462. The molecule has 1 aliphatic heterocycles. The molecule has 1 fully saturated rings. The highest BCUT2D eigenvalue weighted by Crippen LogP contribution is 2.22. The molecule has 1 saturated heterocycles. The molecule has 0 aliphatic carbocycles. The van der Waals surface area contributed by atoms with E-state index in [4.69, 9.17) is 21.1 Å². The lowest BCUT2D eigenvalue weighted by molar-refractivity contribution is -0.126. The third-order valence-corrected chi connectivity index (χ3v) is 3.18. The number of morpholine rings is 1. The van der Waals surface area contributed by atoms with E-state index in [0.29, 0.717) is 37.1 Å². The Morgan fingerprint density at radius 1 is 1.60 bits per heavy atom. The number of halogens is 2. The SMILES string of the molecule is COc1cc(Cl)ccc1CNC(=O)C1COCCN1.Cl. The molecule has 5 nitrogen and oxygen atoms in total. The standard InChI is InChI=1S/C13H17ClN2O3.ClH/c1-18-12-6-10(14)3-2-9(12)7-16-13(17)11-8-19-5-4-15-11;/h2-3,6,11,15H,4-5,7-8H2,1H3,(H,16,17);1H. The highest BCUT2D eigenvalue weighted by molar-refractivity contribution is 6.30. The van der Waals surface area contributed by atoms with Gasteiger partial charge in [0.15, 0.2) is 0 Å². The molecule has 0 aromatic heterocycles. The Kier molecular flexibility index (Phi) is 7.09. The number of methoxy groups -OCH3 is 1. The normalized spacial score (nSPS) is 18.0. The Hall–Kier alpha value is -1.01. The van der Waals surface area contributed by atoms with Crippen molar-refractivity contribution in [3.63, 3.8) is 0 Å². The predicted molar refractivity (Wildman–Crippen MR) is 79.7 cm³/mol. The fourth-order valence-electron chi connectivity index (χ4n) is 1.90. The Labute approximate surface area is 129 Å². The molecule has 0 saturated carbocycles. The van der Waals surface area contributed by atoms with Crippen molar-refractivity contribution in [3.05, 3.63) is 28.8 Å². The second kappa shape index (κ2) is 8.32. The Bertz CT molecular complexity index is 451. The van der Waals surface area contributed by atoms with Gasteiger partial charge in [-0.25, -0.2) is 0 Å². The molecule has 1 aliphatic rings. The van der Waals surface area contributed by atoms with Crippen LogP contribution in [-0.2, 0) is 16.1 Å². The monoisotopic (exact) mass is 320 g/mol. The largest absolute Gasteiger partial charge is 0.496 e. The molecule has 1 amide bonds. The molecule has 0 bridgehead atoms. The fourth-order valence-corrected chi connectivity index (χ4v) is 2.07. The van der Waals surface area contributed by atoms with Crippen LogP contribution in [0.25, 0.3) is 0 Å². The summed E-state index contributed by atoms with van der Waals surface area (Å²) >= 11 is 5.89. The highest BCUT2D eigenvalue weighted by Gasteiger charge is 2.20. The first-order chi connectivity index (χ1) is 9.20. The molecule has 1 atom stereocenters. The van der Waals surface area contributed by atoms with Crippen LogP contribution in [0.5, 0.6) is 5.75 Å². The molecule has 2 N–H and O–H groups in total. The van der Waals surface area contributed by atoms with E-state index in [1.165, 1.54) is 0 Å². The summed E-state index contributed by atoms with van der Waals surface area (Å²) in [6, 6.07) is 5.05. The van der Waals surface area contributed by atoms with Gasteiger partial charge < -0.3 is 20.1 Å². The summed E-state index contributed by atoms with van der Waals surface area (Å²) in [6.45, 7) is 2.15. The molecule has 1 aromatic carbocycles. The van der Waals surface area contributed by atoms with Crippen molar-refractivity contribution in [3.8, 4) is 5.75 Å². The number of benzene rings is 1. The number of hydrogen-bond donors (Lipinski definition) is 2. The van der Waals surface area contributed by atoms with E-state index in [-0.39, 0.29) is 24.4 Å². The van der Waals surface area contributed by atoms with Crippen molar-refractivity contribution < 1.29 is 14.3 Å². The van der Waals surface area contributed by atoms with Crippen LogP contribution >= 0.6 is 24.0 Å². The summed E-state index contributed by atoms with van der Waals surface area (Å²) in [7, 11) is 1.58. The number of nitrogens with one attached hydrogen (secondary N) is 2. The van der Waals surface area contributed by atoms with Crippen LogP contribution in [0, 0.1) is 0 Å². The Balaban J connectivity index is 0.00000200. The molecule has 1 unspecified atom stereocenters. The van der Waals surface area contributed by atoms with Crippen molar-refractivity contribution >= 4 is 29.9 Å². The minimum absolute atomic E-state index is 0. The number of amides is 1. The maximum Gasteiger partial charge on any atom is 0.239 e. The Morgan fingerprint density at radius 3 is 3.05 bits per heavy atom. The molecular weight excluding hydrogens is 303 g/mol. The second-order valence-corrected chi connectivity index (χ2v) is 4.69. The first-order valence-electron chi connectivity index (χ1n) is 6.12. The van der Waals surface area contributed by atoms with Crippen molar-refractivity contribution in [1.29, 1.82) is 0 Å². The molecule has 7 heteroatoms. The van der Waals surface area contributed by atoms with Gasteiger partial charge in [-0.05, 0) is 12.1 Å². The van der Waals surface area contributed by atoms with E-state index >= 15 is 0 Å². The van der Waals surface area contributed by atoms with E-state index in [9.17, 15) is 4.79 Å². The highest BCUT2D eigenvalue weighted by atomic mass is 35.5. The smallest absolute Gasteiger partial charge is 0.239 e. The van der Waals surface area contributed by atoms with E-state index in [0.717, 1.165) is 5.56 Å². The van der Waals surface area contributed by atoms with E-state index < -0.39 is 0 Å². The van der Waals surface area contributed by atoms with Crippen LogP contribution in [0.15, 0.2) is 18.2 Å². The molecule has 0 radical (unpaired) electrons. The van der Waals surface area contributed by atoms with Crippen molar-refractivity contribution in [2.45, 2.75) is 12.6 Å². The van der Waals surface area contributed by atoms with Gasteiger partial charge in [0.05, 0.1) is 20.3 Å². The number of carbonyl (C=O) groups is 1. The van der Waals surface area contributed by atoms with Crippen molar-refractivity contribution in [1.82, 2.24) is 10.6 Å². The van der Waals surface area contributed by atoms with Crippen molar-refractivity contribution in [2.75, 3.05) is 26.9 Å². The van der Waals surface area contributed by atoms with Gasteiger partial charge in [-0.15, -0.1) is 12.4 Å². The maximum absolute atomic E-state index is 11.9. The van der Waals surface area contributed by atoms with Crippen LogP contribution in [0.3, 0.4) is 0 Å². The average molecular weight is 321 g/mol. The van der Waals surface area contributed by atoms with Gasteiger partial charge in [-0.1, -0.05) is 17.7 Å². The van der Waals surface area contributed by atoms with E-state index in [1.807, 2.05) is 6.07 Å². The van der Waals surface area contributed by atoms with E-state index in [2.05, 4.69) is 10.6 Å². The lowest BCUT2D eigenvalue weighted by Crippen LogP contribution is -2.51. The first kappa shape index (κ1) is 17.0. The predicted octanol–water partition coefficient (Wildman–Crippen LogP) is 1.37. The lowest BCUT2D eigenvalue weighted by Gasteiger charge is -2.23. The number of hydrogen-bond acceptors (Lipinski definition) is 4. The summed E-state index contributed by atoms with van der Waals surface area (Å²) in [5.74, 6) is 0.595. The third-order valence-electron chi connectivity index (χ3n) is 2.94. The minimum Gasteiger partial charge on any atom is -0.496 e.